The highest BCUT2D eigenvalue weighted by Gasteiger charge is 2.44. The maximum atomic E-state index is 13.9. The fourth-order valence-corrected chi connectivity index (χ4v) is 6.52. The Labute approximate surface area is 267 Å². The molecular weight excluding hydrogens is 617 g/mol. The first-order valence-electron chi connectivity index (χ1n) is 15.4. The molecule has 2 fully saturated rings. The number of rotatable bonds is 12. The molecule has 46 heavy (non-hydrogen) atoms. The van der Waals surface area contributed by atoms with Gasteiger partial charge in [-0.05, 0) is 61.1 Å². The summed E-state index contributed by atoms with van der Waals surface area (Å²) in [6, 6.07) is 10.8. The Morgan fingerprint density at radius 2 is 1.65 bits per heavy atom. The zero-order chi connectivity index (χ0) is 33.3. The number of primary amides is 1. The Morgan fingerprint density at radius 1 is 0.957 bits per heavy atom. The third-order valence-corrected chi connectivity index (χ3v) is 8.92. The van der Waals surface area contributed by atoms with Crippen LogP contribution < -0.4 is 31.9 Å². The summed E-state index contributed by atoms with van der Waals surface area (Å²) in [4.78, 5) is 71.0. The van der Waals surface area contributed by atoms with Crippen molar-refractivity contribution in [2.75, 3.05) is 5.73 Å². The molecule has 2 saturated carbocycles. The first-order chi connectivity index (χ1) is 21.8. The number of phosphoric ester groups is 1. The second kappa shape index (κ2) is 15.4. The largest absolute Gasteiger partial charge is 0.524 e. The molecule has 15 heteroatoms. The van der Waals surface area contributed by atoms with Crippen LogP contribution in [0.1, 0.15) is 68.9 Å². The summed E-state index contributed by atoms with van der Waals surface area (Å²) < 4.78 is 21.2. The van der Waals surface area contributed by atoms with Crippen molar-refractivity contribution in [1.29, 1.82) is 0 Å². The molecular formula is C31H42N5O9P. The zero-order valence-electron chi connectivity index (χ0n) is 25.5. The van der Waals surface area contributed by atoms with Crippen LogP contribution in [0.2, 0.25) is 0 Å². The molecule has 2 aliphatic rings. The number of carbonyl (C=O) groups excluding carboxylic acids is 4. The highest BCUT2D eigenvalue weighted by Crippen LogP contribution is 2.37. The normalized spacial score (nSPS) is 20.0. The molecule has 9 N–H and O–H groups in total. The number of nitrogen functional groups attached to an aromatic ring is 1. The van der Waals surface area contributed by atoms with Gasteiger partial charge in [0, 0.05) is 18.2 Å². The number of amides is 4. The smallest absolute Gasteiger partial charge is 0.445 e. The van der Waals surface area contributed by atoms with E-state index in [2.05, 4.69) is 20.5 Å². The number of hydrogen-bond acceptors (Lipinski definition) is 8. The van der Waals surface area contributed by atoms with E-state index in [0.29, 0.717) is 55.3 Å². The molecule has 0 radical (unpaired) electrons. The van der Waals surface area contributed by atoms with E-state index < -0.39 is 49.3 Å². The standard InChI is InChI=1S/C31H42N5O9P/c32-22-8-6-7-21(17-22)19-44-30(40)35-26(18-20-11-13-23(14-12-20)45-46(41,42)43)28(38)36-31(15-4-1-5-16-31)29(39)34-25-10-3-2-9-24(25)27(33)37/h6-8,11-14,17,24-26H,1-5,9-10,15-16,18-19,32H2,(H2,33,37)(H,34,39)(H,35,40)(H,36,38)(H2,41,42,43)/t24-,25+,26-/m0/s1. The minimum absolute atomic E-state index is 0.0422. The number of nitrogens with one attached hydrogen (secondary N) is 3. The lowest BCUT2D eigenvalue weighted by Crippen LogP contribution is -2.65. The Kier molecular flexibility index (Phi) is 11.7. The van der Waals surface area contributed by atoms with E-state index in [0.717, 1.165) is 19.3 Å². The summed E-state index contributed by atoms with van der Waals surface area (Å²) in [6.45, 7) is -0.103. The number of carbonyl (C=O) groups is 4. The predicted octanol–water partition coefficient (Wildman–Crippen LogP) is 2.56. The van der Waals surface area contributed by atoms with Gasteiger partial charge in [0.15, 0.2) is 0 Å². The molecule has 0 aromatic heterocycles. The second-order valence-corrected chi connectivity index (χ2v) is 13.1. The fraction of sp³-hybridized carbons (Fsp3) is 0.484. The molecule has 0 heterocycles. The first-order valence-corrected chi connectivity index (χ1v) is 16.9. The number of anilines is 1. The molecule has 4 amide bonds. The molecule has 0 saturated heterocycles. The molecule has 0 aliphatic heterocycles. The molecule has 250 valence electrons. The molecule has 0 unspecified atom stereocenters. The number of hydrogen-bond donors (Lipinski definition) is 7. The van der Waals surface area contributed by atoms with Crippen molar-refractivity contribution in [2.24, 2.45) is 11.7 Å². The van der Waals surface area contributed by atoms with Crippen LogP contribution in [0, 0.1) is 5.92 Å². The van der Waals surface area contributed by atoms with Crippen molar-refractivity contribution in [2.45, 2.75) is 88.4 Å². The highest BCUT2D eigenvalue weighted by atomic mass is 31.2. The van der Waals surface area contributed by atoms with Crippen LogP contribution in [0.3, 0.4) is 0 Å². The summed E-state index contributed by atoms with van der Waals surface area (Å²) >= 11 is 0. The van der Waals surface area contributed by atoms with E-state index in [9.17, 15) is 23.7 Å². The Balaban J connectivity index is 1.52. The maximum absolute atomic E-state index is 13.9. The molecule has 2 aliphatic carbocycles. The van der Waals surface area contributed by atoms with E-state index >= 15 is 0 Å². The summed E-state index contributed by atoms with van der Waals surface area (Å²) in [5.74, 6) is -2.05. The van der Waals surface area contributed by atoms with Gasteiger partial charge in [-0.25, -0.2) is 9.36 Å². The average molecular weight is 660 g/mol. The first kappa shape index (κ1) is 34.7. The minimum atomic E-state index is -4.77. The van der Waals surface area contributed by atoms with E-state index in [1.165, 1.54) is 24.3 Å². The third kappa shape index (κ3) is 9.93. The molecule has 0 bridgehead atoms. The molecule has 14 nitrogen and oxygen atoms in total. The molecule has 2 aromatic rings. The number of phosphoric acid groups is 1. The van der Waals surface area contributed by atoms with Crippen LogP contribution in [0.25, 0.3) is 0 Å². The van der Waals surface area contributed by atoms with Crippen LogP contribution >= 0.6 is 7.82 Å². The number of benzene rings is 2. The van der Waals surface area contributed by atoms with Gasteiger partial charge in [0.1, 0.15) is 23.9 Å². The lowest BCUT2D eigenvalue weighted by Gasteiger charge is -2.40. The Morgan fingerprint density at radius 3 is 2.30 bits per heavy atom. The number of ether oxygens (including phenoxy) is 1. The number of nitrogens with two attached hydrogens (primary N) is 2. The van der Waals surface area contributed by atoms with Gasteiger partial charge in [-0.1, -0.05) is 56.4 Å². The zero-order valence-corrected chi connectivity index (χ0v) is 26.4. The lowest BCUT2D eigenvalue weighted by atomic mass is 9.79. The highest BCUT2D eigenvalue weighted by molar-refractivity contribution is 7.46. The monoisotopic (exact) mass is 659 g/mol. The van der Waals surface area contributed by atoms with Crippen LogP contribution in [0.15, 0.2) is 48.5 Å². The summed E-state index contributed by atoms with van der Waals surface area (Å²) in [7, 11) is -4.77. The molecule has 2 aromatic carbocycles. The van der Waals surface area contributed by atoms with Crippen LogP contribution in [0.4, 0.5) is 10.5 Å². The van der Waals surface area contributed by atoms with Crippen molar-refractivity contribution in [3.05, 3.63) is 59.7 Å². The van der Waals surface area contributed by atoms with Crippen LogP contribution in [0.5, 0.6) is 5.75 Å². The third-order valence-electron chi connectivity index (χ3n) is 8.47. The van der Waals surface area contributed by atoms with Gasteiger partial charge in [-0.15, -0.1) is 0 Å². The van der Waals surface area contributed by atoms with Gasteiger partial charge in [0.25, 0.3) is 0 Å². The van der Waals surface area contributed by atoms with Gasteiger partial charge in [-0.2, -0.15) is 0 Å². The SMILES string of the molecule is NC(=O)[C@H]1CCCC[C@H]1NC(=O)C1(NC(=O)[C@H](Cc2ccc(OP(=O)(O)O)cc2)NC(=O)OCc2cccc(N)c2)CCCCC1. The van der Waals surface area contributed by atoms with E-state index in [-0.39, 0.29) is 24.7 Å². The summed E-state index contributed by atoms with van der Waals surface area (Å²) in [6.07, 6.45) is 4.98. The summed E-state index contributed by atoms with van der Waals surface area (Å²) in [5.41, 5.74) is 11.8. The molecule has 4 rings (SSSR count). The lowest BCUT2D eigenvalue weighted by molar-refractivity contribution is -0.137. The van der Waals surface area contributed by atoms with Gasteiger partial charge in [0.2, 0.25) is 17.7 Å². The van der Waals surface area contributed by atoms with E-state index in [4.69, 9.17) is 26.0 Å². The number of alkyl carbamates (subject to hydrolysis) is 1. The Bertz CT molecular complexity index is 1440. The quantitative estimate of drug-likeness (QED) is 0.130. The van der Waals surface area contributed by atoms with Gasteiger partial charge >= 0.3 is 13.9 Å². The van der Waals surface area contributed by atoms with Gasteiger partial charge < -0.3 is 36.7 Å². The molecule has 0 spiro atoms. The van der Waals surface area contributed by atoms with Gasteiger partial charge in [0.05, 0.1) is 5.92 Å². The minimum Gasteiger partial charge on any atom is -0.445 e. The van der Waals surface area contributed by atoms with Crippen LogP contribution in [-0.2, 0) is 36.7 Å². The van der Waals surface area contributed by atoms with Crippen molar-refractivity contribution < 1.29 is 42.8 Å². The summed E-state index contributed by atoms with van der Waals surface area (Å²) in [5, 5.41) is 8.54. The van der Waals surface area contributed by atoms with Crippen LogP contribution in [-0.4, -0.2) is 51.2 Å². The van der Waals surface area contributed by atoms with Crippen molar-refractivity contribution in [3.63, 3.8) is 0 Å². The van der Waals surface area contributed by atoms with Crippen molar-refractivity contribution in [1.82, 2.24) is 16.0 Å². The van der Waals surface area contributed by atoms with Gasteiger partial charge in [-0.3, -0.25) is 24.2 Å². The average Bonchev–Trinajstić information content (AvgIpc) is 3.00. The fourth-order valence-electron chi connectivity index (χ4n) is 6.12. The Hall–Kier alpha value is -4.13. The van der Waals surface area contributed by atoms with Crippen molar-refractivity contribution in [3.8, 4) is 5.75 Å². The van der Waals surface area contributed by atoms with E-state index in [1.807, 2.05) is 0 Å². The van der Waals surface area contributed by atoms with E-state index in [1.54, 1.807) is 24.3 Å². The predicted molar refractivity (Wildman–Crippen MR) is 168 cm³/mol. The topological polar surface area (TPSA) is 232 Å². The molecule has 3 atom stereocenters. The maximum Gasteiger partial charge on any atom is 0.524 e. The van der Waals surface area contributed by atoms with Crippen molar-refractivity contribution >= 4 is 37.3 Å². The second-order valence-electron chi connectivity index (χ2n) is 12.0.